The fraction of sp³-hybridized carbons (Fsp3) is 0.375. The summed E-state index contributed by atoms with van der Waals surface area (Å²) in [6, 6.07) is 13.4. The lowest BCUT2D eigenvalue weighted by atomic mass is 10.1. The van der Waals surface area contributed by atoms with Gasteiger partial charge in [0.15, 0.2) is 0 Å². The molecule has 0 saturated carbocycles. The first-order chi connectivity index (χ1) is 14.5. The van der Waals surface area contributed by atoms with Gasteiger partial charge < -0.3 is 9.64 Å². The third-order valence-corrected chi connectivity index (χ3v) is 6.00. The monoisotopic (exact) mass is 446 g/mol. The van der Waals surface area contributed by atoms with E-state index in [2.05, 4.69) is 22.0 Å². The van der Waals surface area contributed by atoms with Gasteiger partial charge >= 0.3 is 5.97 Å². The number of piperazine rings is 1. The van der Waals surface area contributed by atoms with E-state index in [0.29, 0.717) is 22.2 Å². The van der Waals surface area contributed by atoms with Gasteiger partial charge in [-0.25, -0.2) is 4.79 Å². The molecule has 1 aliphatic heterocycles. The summed E-state index contributed by atoms with van der Waals surface area (Å²) in [6.45, 7) is 8.45. The zero-order chi connectivity index (χ0) is 21.3. The van der Waals surface area contributed by atoms with Crippen LogP contribution in [0.2, 0.25) is 10.0 Å². The molecular formula is C24H28Cl2N2O2. The minimum Gasteiger partial charge on any atom is -0.462 e. The van der Waals surface area contributed by atoms with Crippen LogP contribution in [0.1, 0.15) is 28.4 Å². The number of carbonyl (C=O) groups is 1. The number of ether oxygens (including phenoxy) is 1. The number of nitrogens with zero attached hydrogens (tertiary/aromatic N) is 2. The van der Waals surface area contributed by atoms with Crippen LogP contribution in [0.25, 0.3) is 6.08 Å². The van der Waals surface area contributed by atoms with E-state index in [1.165, 1.54) is 5.56 Å². The Bertz CT molecular complexity index is 860. The molecule has 0 spiro atoms. The van der Waals surface area contributed by atoms with Crippen molar-refractivity contribution >= 4 is 35.2 Å². The summed E-state index contributed by atoms with van der Waals surface area (Å²) in [5, 5.41) is 1.17. The predicted molar refractivity (Wildman–Crippen MR) is 124 cm³/mol. The zero-order valence-electron chi connectivity index (χ0n) is 17.3. The smallest absolute Gasteiger partial charge is 0.338 e. The van der Waals surface area contributed by atoms with Gasteiger partial charge in [0.25, 0.3) is 0 Å². The Morgan fingerprint density at radius 2 is 1.70 bits per heavy atom. The van der Waals surface area contributed by atoms with Gasteiger partial charge in [-0.05, 0) is 48.7 Å². The van der Waals surface area contributed by atoms with Crippen molar-refractivity contribution in [2.75, 3.05) is 45.9 Å². The molecule has 0 unspecified atom stereocenters. The van der Waals surface area contributed by atoms with Crippen LogP contribution in [0.5, 0.6) is 0 Å². The summed E-state index contributed by atoms with van der Waals surface area (Å²) >= 11 is 12.0. The van der Waals surface area contributed by atoms with Gasteiger partial charge in [-0.3, -0.25) is 4.90 Å². The second-order valence-electron chi connectivity index (χ2n) is 7.39. The molecule has 4 nitrogen and oxygen atoms in total. The van der Waals surface area contributed by atoms with Crippen molar-refractivity contribution in [2.24, 2.45) is 0 Å². The highest BCUT2D eigenvalue weighted by molar-refractivity contribution is 6.42. The molecule has 2 aromatic carbocycles. The maximum Gasteiger partial charge on any atom is 0.338 e. The number of benzene rings is 2. The van der Waals surface area contributed by atoms with Crippen molar-refractivity contribution in [1.82, 2.24) is 9.80 Å². The number of carbonyl (C=O) groups excluding carboxylic acids is 1. The van der Waals surface area contributed by atoms with Gasteiger partial charge in [0.05, 0.1) is 22.2 Å². The van der Waals surface area contributed by atoms with Crippen molar-refractivity contribution < 1.29 is 9.53 Å². The van der Waals surface area contributed by atoms with E-state index in [-0.39, 0.29) is 5.97 Å². The van der Waals surface area contributed by atoms with E-state index in [1.54, 1.807) is 0 Å². The fourth-order valence-electron chi connectivity index (χ4n) is 3.46. The molecule has 1 fully saturated rings. The maximum absolute atomic E-state index is 11.7. The Balaban J connectivity index is 1.37. The second-order valence-corrected chi connectivity index (χ2v) is 8.20. The molecule has 0 aliphatic carbocycles. The summed E-state index contributed by atoms with van der Waals surface area (Å²) < 4.78 is 5.03. The highest BCUT2D eigenvalue weighted by Gasteiger charge is 2.15. The highest BCUT2D eigenvalue weighted by Crippen LogP contribution is 2.23. The SMILES string of the molecule is CCOC(=O)c1ccc(CCN2CCN(C/C=C/c3ccc(Cl)c(Cl)c3)CC2)cc1. The molecule has 1 heterocycles. The topological polar surface area (TPSA) is 32.8 Å². The van der Waals surface area contributed by atoms with Crippen LogP contribution in [0, 0.1) is 0 Å². The quantitative estimate of drug-likeness (QED) is 0.531. The zero-order valence-corrected chi connectivity index (χ0v) is 18.8. The van der Waals surface area contributed by atoms with Crippen LogP contribution < -0.4 is 0 Å². The number of esters is 1. The van der Waals surface area contributed by atoms with E-state index >= 15 is 0 Å². The number of hydrogen-bond donors (Lipinski definition) is 0. The summed E-state index contributed by atoms with van der Waals surface area (Å²) in [7, 11) is 0. The molecule has 0 radical (unpaired) electrons. The Kier molecular flexibility index (Phi) is 8.76. The van der Waals surface area contributed by atoms with Crippen molar-refractivity contribution in [3.63, 3.8) is 0 Å². The van der Waals surface area contributed by atoms with Crippen LogP contribution in [0.15, 0.2) is 48.5 Å². The molecule has 0 bridgehead atoms. The summed E-state index contributed by atoms with van der Waals surface area (Å²) in [6.07, 6.45) is 5.26. The molecule has 1 saturated heterocycles. The van der Waals surface area contributed by atoms with Gasteiger partial charge in [0.1, 0.15) is 0 Å². The maximum atomic E-state index is 11.7. The molecule has 2 aromatic rings. The standard InChI is InChI=1S/C24H28Cl2N2O2/c1-2-30-24(29)21-8-5-19(6-9-21)11-13-28-16-14-27(15-17-28)12-3-4-20-7-10-22(25)23(26)18-20/h3-10,18H,2,11-17H2,1H3/b4-3+. The first kappa shape index (κ1) is 22.8. The van der Waals surface area contributed by atoms with Crippen molar-refractivity contribution in [3.8, 4) is 0 Å². The first-order valence-corrected chi connectivity index (χ1v) is 11.1. The van der Waals surface area contributed by atoms with Crippen LogP contribution in [0.3, 0.4) is 0 Å². The van der Waals surface area contributed by atoms with Gasteiger partial charge in [-0.15, -0.1) is 0 Å². The van der Waals surface area contributed by atoms with Crippen molar-refractivity contribution in [3.05, 3.63) is 75.3 Å². The predicted octanol–water partition coefficient (Wildman–Crippen LogP) is 5.04. The van der Waals surface area contributed by atoms with Gasteiger partial charge in [-0.2, -0.15) is 0 Å². The van der Waals surface area contributed by atoms with Gasteiger partial charge in [0.2, 0.25) is 0 Å². The van der Waals surface area contributed by atoms with E-state index in [9.17, 15) is 4.79 Å². The van der Waals surface area contributed by atoms with Crippen molar-refractivity contribution in [1.29, 1.82) is 0 Å². The Morgan fingerprint density at radius 1 is 1.00 bits per heavy atom. The number of rotatable bonds is 8. The van der Waals surface area contributed by atoms with Gasteiger partial charge in [-0.1, -0.05) is 53.6 Å². The highest BCUT2D eigenvalue weighted by atomic mass is 35.5. The van der Waals surface area contributed by atoms with Crippen LogP contribution in [-0.2, 0) is 11.2 Å². The molecule has 0 amide bonds. The average molecular weight is 447 g/mol. The first-order valence-electron chi connectivity index (χ1n) is 10.4. The number of hydrogen-bond acceptors (Lipinski definition) is 4. The molecule has 0 aromatic heterocycles. The lowest BCUT2D eigenvalue weighted by Gasteiger charge is -2.34. The summed E-state index contributed by atoms with van der Waals surface area (Å²) in [5.41, 5.74) is 2.93. The van der Waals surface area contributed by atoms with E-state index < -0.39 is 0 Å². The van der Waals surface area contributed by atoms with E-state index in [4.69, 9.17) is 27.9 Å². The molecule has 0 N–H and O–H groups in total. The van der Waals surface area contributed by atoms with Crippen LogP contribution in [-0.4, -0.2) is 61.6 Å². The molecule has 0 atom stereocenters. The molecule has 1 aliphatic rings. The van der Waals surface area contributed by atoms with E-state index in [1.807, 2.05) is 49.4 Å². The molecule has 160 valence electrons. The minimum atomic E-state index is -0.256. The average Bonchev–Trinajstić information content (AvgIpc) is 2.76. The lowest BCUT2D eigenvalue weighted by Crippen LogP contribution is -2.46. The largest absolute Gasteiger partial charge is 0.462 e. The second kappa shape index (κ2) is 11.5. The van der Waals surface area contributed by atoms with E-state index in [0.717, 1.165) is 51.3 Å². The molecule has 30 heavy (non-hydrogen) atoms. The third kappa shape index (κ3) is 6.85. The summed E-state index contributed by atoms with van der Waals surface area (Å²) in [4.78, 5) is 16.7. The fourth-order valence-corrected chi connectivity index (χ4v) is 3.77. The molecule has 6 heteroatoms. The molecule has 3 rings (SSSR count). The minimum absolute atomic E-state index is 0.256. The Labute approximate surface area is 189 Å². The van der Waals surface area contributed by atoms with Crippen LogP contribution in [0.4, 0.5) is 0 Å². The number of halogens is 2. The third-order valence-electron chi connectivity index (χ3n) is 5.26. The summed E-state index contributed by atoms with van der Waals surface area (Å²) in [5.74, 6) is -0.256. The molecular weight excluding hydrogens is 419 g/mol. The van der Waals surface area contributed by atoms with Crippen LogP contribution >= 0.6 is 23.2 Å². The Hall–Kier alpha value is -1.85. The lowest BCUT2D eigenvalue weighted by molar-refractivity contribution is 0.0526. The van der Waals surface area contributed by atoms with Gasteiger partial charge in [0, 0.05) is 39.3 Å². The normalized spacial score (nSPS) is 15.6. The van der Waals surface area contributed by atoms with Crippen molar-refractivity contribution in [2.45, 2.75) is 13.3 Å². The Morgan fingerprint density at radius 3 is 2.37 bits per heavy atom.